The van der Waals surface area contributed by atoms with Crippen LogP contribution in [0.3, 0.4) is 0 Å². The lowest BCUT2D eigenvalue weighted by Gasteiger charge is -2.21. The molecule has 4 nitrogen and oxygen atoms in total. The highest BCUT2D eigenvalue weighted by Gasteiger charge is 2.26. The Kier molecular flexibility index (Phi) is 4.55. The topological polar surface area (TPSA) is 39.9 Å². The second-order valence-corrected chi connectivity index (χ2v) is 12.1. The van der Waals surface area contributed by atoms with Crippen LogP contribution in [-0.4, -0.2) is 14.5 Å². The lowest BCUT2D eigenvalue weighted by molar-refractivity contribution is 0.486. The van der Waals surface area contributed by atoms with Gasteiger partial charge in [0.2, 0.25) is 5.95 Å². The highest BCUT2D eigenvalue weighted by molar-refractivity contribution is 6.39. The minimum atomic E-state index is 0.658. The molecule has 0 atom stereocenters. The minimum Gasteiger partial charge on any atom is -0.456 e. The van der Waals surface area contributed by atoms with Gasteiger partial charge in [0.25, 0.3) is 0 Å². The Morgan fingerprint density at radius 1 is 0.457 bits per heavy atom. The summed E-state index contributed by atoms with van der Waals surface area (Å²) in [5.74, 6) is 2.26. The fourth-order valence-electron chi connectivity index (χ4n) is 7.78. The molecule has 8 aromatic carbocycles. The lowest BCUT2D eigenvalue weighted by Crippen LogP contribution is -2.06. The molecule has 0 saturated heterocycles. The summed E-state index contributed by atoms with van der Waals surface area (Å²) in [6, 6.07) is 49.5. The second-order valence-electron chi connectivity index (χ2n) is 12.1. The fourth-order valence-corrected chi connectivity index (χ4v) is 7.78. The number of ether oxygens (including phenoxy) is 1. The smallest absolute Gasteiger partial charge is 0.235 e. The monoisotopic (exact) mass is 585 g/mol. The van der Waals surface area contributed by atoms with Gasteiger partial charge in [0.1, 0.15) is 11.5 Å². The van der Waals surface area contributed by atoms with Gasteiger partial charge in [-0.25, -0.2) is 9.97 Å². The zero-order valence-corrected chi connectivity index (χ0v) is 24.5. The van der Waals surface area contributed by atoms with E-state index in [2.05, 4.69) is 114 Å². The van der Waals surface area contributed by atoms with Crippen LogP contribution in [0.5, 0.6) is 11.5 Å². The van der Waals surface area contributed by atoms with E-state index in [-0.39, 0.29) is 0 Å². The Morgan fingerprint density at radius 2 is 1.22 bits per heavy atom. The molecule has 46 heavy (non-hydrogen) atoms. The van der Waals surface area contributed by atoms with Crippen LogP contribution in [0.4, 0.5) is 0 Å². The fraction of sp³-hybridized carbons (Fsp3) is 0. The first-order chi connectivity index (χ1) is 22.8. The van der Waals surface area contributed by atoms with E-state index in [1.54, 1.807) is 0 Å². The van der Waals surface area contributed by atoms with Gasteiger partial charge in [-0.2, -0.15) is 0 Å². The van der Waals surface area contributed by atoms with Crippen LogP contribution in [0.25, 0.3) is 93.4 Å². The van der Waals surface area contributed by atoms with Crippen molar-refractivity contribution in [1.29, 1.82) is 0 Å². The number of para-hydroxylation sites is 1. The Bertz CT molecular complexity index is 2890. The number of hydrogen-bond donors (Lipinski definition) is 0. The van der Waals surface area contributed by atoms with E-state index in [0.29, 0.717) is 5.95 Å². The maximum absolute atomic E-state index is 6.30. The van der Waals surface area contributed by atoms with Gasteiger partial charge < -0.3 is 4.74 Å². The molecule has 3 heterocycles. The normalized spacial score (nSPS) is 12.5. The average molecular weight is 586 g/mol. The standard InChI is InChI=1S/C42H23N3O/c1-2-10-24(11-3-1)25-20-21-26-23-34-40-37(31(26)22-25)28-13-5-4-12-27(28)29-15-8-17-33(38(29)40)45(34)42-43-32-16-9-19-36-39(32)41(44-42)30-14-6-7-18-35(30)46-36/h1-23H. The number of hydrogen-bond acceptors (Lipinski definition) is 3. The molecule has 0 aliphatic carbocycles. The van der Waals surface area contributed by atoms with Crippen LogP contribution in [0.2, 0.25) is 0 Å². The van der Waals surface area contributed by atoms with Crippen LogP contribution in [-0.2, 0) is 0 Å². The predicted octanol–water partition coefficient (Wildman–Crippen LogP) is 11.1. The predicted molar refractivity (Wildman–Crippen MR) is 189 cm³/mol. The summed E-state index contributed by atoms with van der Waals surface area (Å²) < 4.78 is 8.57. The van der Waals surface area contributed by atoms with Crippen molar-refractivity contribution in [3.8, 4) is 39.8 Å². The average Bonchev–Trinajstić information content (AvgIpc) is 3.45. The van der Waals surface area contributed by atoms with E-state index >= 15 is 0 Å². The third-order valence-electron chi connectivity index (χ3n) is 9.72. The molecule has 11 rings (SSSR count). The van der Waals surface area contributed by atoms with Crippen molar-refractivity contribution in [3.05, 3.63) is 140 Å². The van der Waals surface area contributed by atoms with Crippen molar-refractivity contribution < 1.29 is 4.74 Å². The van der Waals surface area contributed by atoms with Crippen LogP contribution in [0, 0.1) is 0 Å². The van der Waals surface area contributed by atoms with Gasteiger partial charge in [0.15, 0.2) is 0 Å². The Labute approximate surface area is 263 Å². The third-order valence-corrected chi connectivity index (χ3v) is 9.72. The maximum atomic E-state index is 6.30. The molecule has 10 aromatic rings. The Morgan fingerprint density at radius 3 is 2.15 bits per heavy atom. The van der Waals surface area contributed by atoms with E-state index in [4.69, 9.17) is 14.7 Å². The summed E-state index contributed by atoms with van der Waals surface area (Å²) in [7, 11) is 0. The van der Waals surface area contributed by atoms with E-state index in [9.17, 15) is 0 Å². The number of fused-ring (bicyclic) bond motifs is 7. The molecule has 1 aliphatic heterocycles. The number of benzene rings is 8. The number of rotatable bonds is 2. The molecular formula is C42H23N3O. The van der Waals surface area contributed by atoms with Crippen LogP contribution in [0.1, 0.15) is 0 Å². The van der Waals surface area contributed by atoms with Crippen LogP contribution < -0.4 is 4.74 Å². The molecule has 0 fully saturated rings. The van der Waals surface area contributed by atoms with Crippen molar-refractivity contribution in [3.63, 3.8) is 0 Å². The number of aromatic nitrogens is 3. The van der Waals surface area contributed by atoms with E-state index in [1.165, 1.54) is 54.2 Å². The molecular weight excluding hydrogens is 562 g/mol. The first-order valence-electron chi connectivity index (χ1n) is 15.6. The van der Waals surface area contributed by atoms with Gasteiger partial charge in [-0.05, 0) is 80.5 Å². The molecule has 2 aromatic heterocycles. The first-order valence-corrected chi connectivity index (χ1v) is 15.6. The Hall–Kier alpha value is -6.26. The first kappa shape index (κ1) is 24.1. The SMILES string of the molecule is c1ccc(-c2ccc3cc4c5c(c3c2)c2ccccc2c2cccc(c25)n4-c2nc3c4c(cccc4n2)Oc2ccccc2-3)cc1. The van der Waals surface area contributed by atoms with Crippen LogP contribution >= 0.6 is 0 Å². The molecule has 1 aliphatic rings. The van der Waals surface area contributed by atoms with Gasteiger partial charge >= 0.3 is 0 Å². The largest absolute Gasteiger partial charge is 0.456 e. The highest BCUT2D eigenvalue weighted by atomic mass is 16.5. The second kappa shape index (κ2) is 8.68. The van der Waals surface area contributed by atoms with E-state index < -0.39 is 0 Å². The maximum Gasteiger partial charge on any atom is 0.235 e. The Balaban J connectivity index is 1.33. The molecule has 0 spiro atoms. The lowest BCUT2D eigenvalue weighted by atomic mass is 9.90. The van der Waals surface area contributed by atoms with Crippen molar-refractivity contribution in [2.75, 3.05) is 0 Å². The summed E-state index contributed by atoms with van der Waals surface area (Å²) in [6.07, 6.45) is 0. The zero-order valence-electron chi connectivity index (χ0n) is 24.5. The van der Waals surface area contributed by atoms with E-state index in [1.807, 2.05) is 30.3 Å². The summed E-state index contributed by atoms with van der Waals surface area (Å²) in [5, 5.41) is 10.9. The van der Waals surface area contributed by atoms with Gasteiger partial charge in [-0.15, -0.1) is 0 Å². The molecule has 0 radical (unpaired) electrons. The highest BCUT2D eigenvalue weighted by Crippen LogP contribution is 2.48. The molecule has 0 unspecified atom stereocenters. The molecule has 212 valence electrons. The minimum absolute atomic E-state index is 0.658. The van der Waals surface area contributed by atoms with Gasteiger partial charge in [-0.3, -0.25) is 4.57 Å². The summed E-state index contributed by atoms with van der Waals surface area (Å²) >= 11 is 0. The van der Waals surface area contributed by atoms with Gasteiger partial charge in [0.05, 0.1) is 27.6 Å². The van der Waals surface area contributed by atoms with Crippen molar-refractivity contribution >= 4 is 65.0 Å². The molecule has 0 N–H and O–H groups in total. The number of nitrogens with zero attached hydrogens (tertiary/aromatic N) is 3. The molecule has 0 saturated carbocycles. The van der Waals surface area contributed by atoms with Crippen molar-refractivity contribution in [2.24, 2.45) is 0 Å². The quantitative estimate of drug-likeness (QED) is 0.190. The third kappa shape index (κ3) is 3.07. The molecule has 0 bridgehead atoms. The molecule has 0 amide bonds. The van der Waals surface area contributed by atoms with E-state index in [0.717, 1.165) is 44.7 Å². The summed E-state index contributed by atoms with van der Waals surface area (Å²) in [5.41, 5.74) is 7.38. The van der Waals surface area contributed by atoms with Crippen molar-refractivity contribution in [2.45, 2.75) is 0 Å². The van der Waals surface area contributed by atoms with Crippen molar-refractivity contribution in [1.82, 2.24) is 14.5 Å². The van der Waals surface area contributed by atoms with Crippen LogP contribution in [0.15, 0.2) is 140 Å². The summed E-state index contributed by atoms with van der Waals surface area (Å²) in [4.78, 5) is 10.6. The van der Waals surface area contributed by atoms with Gasteiger partial charge in [0, 0.05) is 21.7 Å². The zero-order chi connectivity index (χ0) is 29.9. The van der Waals surface area contributed by atoms with Gasteiger partial charge in [-0.1, -0.05) is 97.1 Å². The summed E-state index contributed by atoms with van der Waals surface area (Å²) in [6.45, 7) is 0. The molecule has 4 heteroatoms.